The van der Waals surface area contributed by atoms with Gasteiger partial charge in [-0.1, -0.05) is 12.1 Å². The Morgan fingerprint density at radius 1 is 1.21 bits per heavy atom. The summed E-state index contributed by atoms with van der Waals surface area (Å²) in [5, 5.41) is 10.6. The fourth-order valence-electron chi connectivity index (χ4n) is 1.48. The third kappa shape index (κ3) is 2.71. The van der Waals surface area contributed by atoms with Crippen LogP contribution in [0.1, 0.15) is 0 Å². The number of benzene rings is 1. The second-order valence-corrected chi connectivity index (χ2v) is 3.56. The number of nitro groups is 1. The van der Waals surface area contributed by atoms with Crippen LogP contribution in [0.15, 0.2) is 36.4 Å². The lowest BCUT2D eigenvalue weighted by Gasteiger charge is -2.09. The molecule has 98 valence electrons. The molecule has 0 aliphatic carbocycles. The molecule has 1 aromatic heterocycles. The van der Waals surface area contributed by atoms with Gasteiger partial charge in [-0.05, 0) is 12.1 Å². The van der Waals surface area contributed by atoms with E-state index in [0.717, 1.165) is 0 Å². The van der Waals surface area contributed by atoms with Gasteiger partial charge in [-0.15, -0.1) is 0 Å². The van der Waals surface area contributed by atoms with Gasteiger partial charge in [0.2, 0.25) is 11.7 Å². The zero-order chi connectivity index (χ0) is 13.8. The van der Waals surface area contributed by atoms with Crippen LogP contribution in [0.3, 0.4) is 0 Å². The van der Waals surface area contributed by atoms with E-state index in [0.29, 0.717) is 11.5 Å². The lowest BCUT2D eigenvalue weighted by molar-refractivity contribution is -0.384. The Hall–Kier alpha value is -2.83. The van der Waals surface area contributed by atoms with Crippen LogP contribution in [0.25, 0.3) is 0 Å². The highest BCUT2D eigenvalue weighted by Crippen LogP contribution is 2.31. The Labute approximate surface area is 108 Å². The number of hydrogen-bond donors (Lipinski definition) is 1. The first kappa shape index (κ1) is 12.6. The summed E-state index contributed by atoms with van der Waals surface area (Å²) in [6, 6.07) is 9.60. The topological polar surface area (TPSA) is 101 Å². The summed E-state index contributed by atoms with van der Waals surface area (Å²) in [5.74, 6) is 0.942. The van der Waals surface area contributed by atoms with E-state index in [2.05, 4.69) is 4.98 Å². The average molecular weight is 261 g/mol. The van der Waals surface area contributed by atoms with Crippen LogP contribution in [0.5, 0.6) is 17.4 Å². The summed E-state index contributed by atoms with van der Waals surface area (Å²) in [6.07, 6.45) is 0. The number of methoxy groups -OCH3 is 1. The number of nitrogen functional groups attached to an aromatic ring is 1. The number of aromatic nitrogens is 1. The minimum atomic E-state index is -0.602. The van der Waals surface area contributed by atoms with E-state index in [1.807, 2.05) is 0 Å². The monoisotopic (exact) mass is 261 g/mol. The van der Waals surface area contributed by atoms with Gasteiger partial charge in [-0.25, -0.2) is 0 Å². The molecule has 19 heavy (non-hydrogen) atoms. The lowest BCUT2D eigenvalue weighted by atomic mass is 10.3. The number of pyridine rings is 1. The lowest BCUT2D eigenvalue weighted by Crippen LogP contribution is -2.00. The molecule has 1 aromatic carbocycles. The smallest absolute Gasteiger partial charge is 0.311 e. The van der Waals surface area contributed by atoms with Gasteiger partial charge in [0.15, 0.2) is 11.5 Å². The Kier molecular flexibility index (Phi) is 3.46. The highest BCUT2D eigenvalue weighted by Gasteiger charge is 2.14. The predicted molar refractivity (Wildman–Crippen MR) is 68.4 cm³/mol. The minimum absolute atomic E-state index is 0.160. The molecule has 0 aliphatic rings. The summed E-state index contributed by atoms with van der Waals surface area (Å²) < 4.78 is 10.6. The number of ether oxygens (including phenoxy) is 2. The number of nitrogens with two attached hydrogens (primary N) is 1. The van der Waals surface area contributed by atoms with E-state index < -0.39 is 4.92 Å². The van der Waals surface area contributed by atoms with Crippen molar-refractivity contribution in [2.24, 2.45) is 0 Å². The van der Waals surface area contributed by atoms with Crippen molar-refractivity contribution in [1.82, 2.24) is 4.98 Å². The molecule has 0 saturated heterocycles. The van der Waals surface area contributed by atoms with Crippen molar-refractivity contribution in [1.29, 1.82) is 0 Å². The summed E-state index contributed by atoms with van der Waals surface area (Å²) in [7, 11) is 1.51. The fourth-order valence-corrected chi connectivity index (χ4v) is 1.48. The van der Waals surface area contributed by atoms with E-state index >= 15 is 0 Å². The van der Waals surface area contributed by atoms with E-state index in [4.69, 9.17) is 15.2 Å². The Bertz CT molecular complexity index is 616. The Morgan fingerprint density at radius 2 is 1.89 bits per heavy atom. The average Bonchev–Trinajstić information content (AvgIpc) is 2.39. The van der Waals surface area contributed by atoms with Crippen LogP contribution in [0.4, 0.5) is 11.5 Å². The highest BCUT2D eigenvalue weighted by atomic mass is 16.6. The highest BCUT2D eigenvalue weighted by molar-refractivity contribution is 5.54. The molecule has 1 heterocycles. The zero-order valence-electron chi connectivity index (χ0n) is 10.1. The van der Waals surface area contributed by atoms with Crippen LogP contribution in [0.2, 0.25) is 0 Å². The SMILES string of the molecule is COc1ccccc1Oc1ccc([N+](=O)[O-])c(N)n1. The van der Waals surface area contributed by atoms with Gasteiger partial charge in [0, 0.05) is 12.1 Å². The molecule has 2 rings (SSSR count). The summed E-state index contributed by atoms with van der Waals surface area (Å²) in [6.45, 7) is 0. The first-order valence-electron chi connectivity index (χ1n) is 5.33. The molecule has 0 atom stereocenters. The van der Waals surface area contributed by atoms with Crippen molar-refractivity contribution in [3.8, 4) is 17.4 Å². The summed E-state index contributed by atoms with van der Waals surface area (Å²) in [5.41, 5.74) is 5.23. The van der Waals surface area contributed by atoms with Crippen molar-refractivity contribution in [3.63, 3.8) is 0 Å². The number of para-hydroxylation sites is 2. The van der Waals surface area contributed by atoms with Crippen molar-refractivity contribution >= 4 is 11.5 Å². The van der Waals surface area contributed by atoms with Crippen LogP contribution in [0, 0.1) is 10.1 Å². The van der Waals surface area contributed by atoms with E-state index in [1.54, 1.807) is 24.3 Å². The first-order chi connectivity index (χ1) is 9.11. The molecule has 0 saturated carbocycles. The summed E-state index contributed by atoms with van der Waals surface area (Å²) in [4.78, 5) is 13.8. The third-order valence-electron chi connectivity index (χ3n) is 2.36. The molecule has 0 amide bonds. The van der Waals surface area contributed by atoms with Crippen molar-refractivity contribution < 1.29 is 14.4 Å². The molecular formula is C12H11N3O4. The first-order valence-corrected chi connectivity index (χ1v) is 5.33. The van der Waals surface area contributed by atoms with Gasteiger partial charge in [0.05, 0.1) is 12.0 Å². The number of hydrogen-bond acceptors (Lipinski definition) is 6. The van der Waals surface area contributed by atoms with Gasteiger partial charge in [0.1, 0.15) is 0 Å². The van der Waals surface area contributed by atoms with Crippen molar-refractivity contribution in [2.45, 2.75) is 0 Å². The van der Waals surface area contributed by atoms with E-state index in [1.165, 1.54) is 19.2 Å². The molecule has 0 aliphatic heterocycles. The van der Waals surface area contributed by atoms with Crippen LogP contribution < -0.4 is 15.2 Å². The molecule has 0 unspecified atom stereocenters. The number of nitrogens with zero attached hydrogens (tertiary/aromatic N) is 2. The van der Waals surface area contributed by atoms with Gasteiger partial charge >= 0.3 is 5.69 Å². The molecule has 7 heteroatoms. The standard InChI is InChI=1S/C12H11N3O4/c1-18-9-4-2-3-5-10(9)19-11-7-6-8(15(16)17)12(13)14-11/h2-7H,1H3,(H2,13,14). The fraction of sp³-hybridized carbons (Fsp3) is 0.0833. The second-order valence-electron chi connectivity index (χ2n) is 3.56. The maximum atomic E-state index is 10.6. The van der Waals surface area contributed by atoms with E-state index in [-0.39, 0.29) is 17.4 Å². The third-order valence-corrected chi connectivity index (χ3v) is 2.36. The van der Waals surface area contributed by atoms with Gasteiger partial charge in [0.25, 0.3) is 0 Å². The number of anilines is 1. The van der Waals surface area contributed by atoms with Crippen LogP contribution in [-0.4, -0.2) is 17.0 Å². The quantitative estimate of drug-likeness (QED) is 0.669. The molecule has 0 spiro atoms. The van der Waals surface area contributed by atoms with Gasteiger partial charge < -0.3 is 15.2 Å². The van der Waals surface area contributed by atoms with Crippen molar-refractivity contribution in [3.05, 3.63) is 46.5 Å². The largest absolute Gasteiger partial charge is 0.493 e. The molecule has 0 bridgehead atoms. The zero-order valence-corrected chi connectivity index (χ0v) is 10.1. The Morgan fingerprint density at radius 3 is 2.47 bits per heavy atom. The molecule has 0 radical (unpaired) electrons. The van der Waals surface area contributed by atoms with Crippen LogP contribution >= 0.6 is 0 Å². The Balaban J connectivity index is 2.29. The molecule has 2 N–H and O–H groups in total. The van der Waals surface area contributed by atoms with Crippen LogP contribution in [-0.2, 0) is 0 Å². The predicted octanol–water partition coefficient (Wildman–Crippen LogP) is 2.37. The molecular weight excluding hydrogens is 250 g/mol. The van der Waals surface area contributed by atoms with Gasteiger partial charge in [-0.3, -0.25) is 10.1 Å². The van der Waals surface area contributed by atoms with Crippen molar-refractivity contribution in [2.75, 3.05) is 12.8 Å². The number of rotatable bonds is 4. The van der Waals surface area contributed by atoms with Gasteiger partial charge in [-0.2, -0.15) is 4.98 Å². The molecule has 7 nitrogen and oxygen atoms in total. The maximum absolute atomic E-state index is 10.6. The second kappa shape index (κ2) is 5.21. The molecule has 2 aromatic rings. The minimum Gasteiger partial charge on any atom is -0.493 e. The normalized spacial score (nSPS) is 9.95. The maximum Gasteiger partial charge on any atom is 0.311 e. The summed E-state index contributed by atoms with van der Waals surface area (Å²) >= 11 is 0. The van der Waals surface area contributed by atoms with E-state index in [9.17, 15) is 10.1 Å². The molecule has 0 fully saturated rings.